The molecular weight excluding hydrogens is 411 g/mol. The smallest absolute Gasteiger partial charge is 0.295 e. The van der Waals surface area contributed by atoms with Gasteiger partial charge in [0.15, 0.2) is 0 Å². The van der Waals surface area contributed by atoms with Crippen LogP contribution >= 0.6 is 0 Å². The number of Topliss-reactive ketones (excluding diaryl/α,β-unsaturated/α-hetero) is 1. The van der Waals surface area contributed by atoms with Crippen LogP contribution in [0.5, 0.6) is 0 Å². The number of nitrogens with zero attached hydrogens (tertiary/aromatic N) is 2. The lowest BCUT2D eigenvalue weighted by molar-refractivity contribution is -0.140. The van der Waals surface area contributed by atoms with Gasteiger partial charge in [-0.25, -0.2) is 4.39 Å². The molecule has 0 aliphatic carbocycles. The summed E-state index contributed by atoms with van der Waals surface area (Å²) in [5.74, 6) is -1.98. The van der Waals surface area contributed by atoms with Crippen molar-refractivity contribution in [1.82, 2.24) is 9.80 Å². The minimum atomic E-state index is -0.762. The normalized spacial score (nSPS) is 21.3. The van der Waals surface area contributed by atoms with Gasteiger partial charge in [-0.1, -0.05) is 42.0 Å². The van der Waals surface area contributed by atoms with E-state index in [0.717, 1.165) is 25.2 Å². The Hall–Kier alpha value is -3.03. The number of aliphatic hydroxyl groups excluding tert-OH is 1. The zero-order chi connectivity index (χ0) is 22.7. The molecule has 0 spiro atoms. The Morgan fingerprint density at radius 1 is 1.03 bits per heavy atom. The topological polar surface area (TPSA) is 70.1 Å². The van der Waals surface area contributed by atoms with Crippen molar-refractivity contribution in [2.45, 2.75) is 19.4 Å². The Bertz CT molecular complexity index is 1010. The van der Waals surface area contributed by atoms with E-state index in [4.69, 9.17) is 4.74 Å². The fourth-order valence-corrected chi connectivity index (χ4v) is 4.26. The first-order valence-electron chi connectivity index (χ1n) is 10.9. The molecule has 32 heavy (non-hydrogen) atoms. The second-order valence-electron chi connectivity index (χ2n) is 8.22. The molecule has 1 amide bonds. The van der Waals surface area contributed by atoms with E-state index in [9.17, 15) is 19.1 Å². The molecule has 1 N–H and O–H groups in total. The van der Waals surface area contributed by atoms with Gasteiger partial charge in [-0.3, -0.25) is 14.5 Å². The molecule has 6 nitrogen and oxygen atoms in total. The number of ether oxygens (including phenoxy) is 1. The molecular formula is C25H27FN2O4. The largest absolute Gasteiger partial charge is 0.507 e. The van der Waals surface area contributed by atoms with Crippen LogP contribution in [0.2, 0.25) is 0 Å². The summed E-state index contributed by atoms with van der Waals surface area (Å²) in [7, 11) is 0. The van der Waals surface area contributed by atoms with Crippen molar-refractivity contribution in [3.8, 4) is 0 Å². The minimum absolute atomic E-state index is 0.0387. The Kier molecular flexibility index (Phi) is 6.67. The Morgan fingerprint density at radius 3 is 2.34 bits per heavy atom. The lowest BCUT2D eigenvalue weighted by Crippen LogP contribution is -2.38. The molecule has 7 heteroatoms. The highest BCUT2D eigenvalue weighted by molar-refractivity contribution is 6.46. The fraction of sp³-hybridized carbons (Fsp3) is 0.360. The van der Waals surface area contributed by atoms with E-state index >= 15 is 0 Å². The van der Waals surface area contributed by atoms with Gasteiger partial charge in [-0.15, -0.1) is 0 Å². The van der Waals surface area contributed by atoms with Crippen LogP contribution in [0.4, 0.5) is 4.39 Å². The summed E-state index contributed by atoms with van der Waals surface area (Å²) >= 11 is 0. The number of rotatable bonds is 6. The molecule has 0 unspecified atom stereocenters. The Labute approximate surface area is 186 Å². The van der Waals surface area contributed by atoms with Crippen LogP contribution in [0.1, 0.15) is 29.2 Å². The minimum Gasteiger partial charge on any atom is -0.507 e. The summed E-state index contributed by atoms with van der Waals surface area (Å²) in [6.45, 7) is 6.12. The van der Waals surface area contributed by atoms with E-state index in [1.807, 2.05) is 19.1 Å². The molecule has 2 fully saturated rings. The number of carbonyl (C=O) groups is 2. The van der Waals surface area contributed by atoms with E-state index in [2.05, 4.69) is 4.90 Å². The molecule has 2 saturated heterocycles. The maximum Gasteiger partial charge on any atom is 0.295 e. The average Bonchev–Trinajstić information content (AvgIpc) is 3.05. The molecule has 168 valence electrons. The van der Waals surface area contributed by atoms with Crippen LogP contribution in [-0.4, -0.2) is 66.0 Å². The summed E-state index contributed by atoms with van der Waals surface area (Å²) < 4.78 is 18.9. The number of ketones is 1. The highest BCUT2D eigenvalue weighted by Gasteiger charge is 2.45. The summed E-state index contributed by atoms with van der Waals surface area (Å²) in [6.07, 6.45) is 0.676. The van der Waals surface area contributed by atoms with Crippen molar-refractivity contribution in [2.75, 3.05) is 39.4 Å². The number of likely N-dealkylation sites (tertiary alicyclic amines) is 1. The number of hydrogen-bond acceptors (Lipinski definition) is 5. The van der Waals surface area contributed by atoms with Gasteiger partial charge in [-0.2, -0.15) is 0 Å². The summed E-state index contributed by atoms with van der Waals surface area (Å²) in [6, 6.07) is 12.1. The molecule has 0 bridgehead atoms. The monoisotopic (exact) mass is 438 g/mol. The quantitative estimate of drug-likeness (QED) is 0.426. The number of aliphatic hydroxyl groups is 1. The van der Waals surface area contributed by atoms with E-state index in [-0.39, 0.29) is 11.3 Å². The van der Waals surface area contributed by atoms with Gasteiger partial charge >= 0.3 is 0 Å². The highest BCUT2D eigenvalue weighted by atomic mass is 19.1. The van der Waals surface area contributed by atoms with E-state index < -0.39 is 23.5 Å². The van der Waals surface area contributed by atoms with E-state index in [1.54, 1.807) is 24.3 Å². The van der Waals surface area contributed by atoms with Crippen LogP contribution in [0.15, 0.2) is 54.1 Å². The highest BCUT2D eigenvalue weighted by Crippen LogP contribution is 2.39. The Balaban J connectivity index is 1.66. The maximum atomic E-state index is 13.6. The third kappa shape index (κ3) is 4.59. The molecule has 2 aromatic rings. The van der Waals surface area contributed by atoms with Crippen molar-refractivity contribution in [1.29, 1.82) is 0 Å². The van der Waals surface area contributed by atoms with Crippen LogP contribution in [0, 0.1) is 12.7 Å². The van der Waals surface area contributed by atoms with E-state index in [0.29, 0.717) is 37.3 Å². The molecule has 2 aliphatic heterocycles. The third-order valence-corrected chi connectivity index (χ3v) is 6.03. The number of aryl methyl sites for hydroxylation is 1. The zero-order valence-electron chi connectivity index (χ0n) is 18.1. The number of morpholine rings is 1. The van der Waals surface area contributed by atoms with Gasteiger partial charge in [0, 0.05) is 31.7 Å². The summed E-state index contributed by atoms with van der Waals surface area (Å²) in [4.78, 5) is 29.7. The molecule has 0 saturated carbocycles. The van der Waals surface area contributed by atoms with Crippen molar-refractivity contribution >= 4 is 17.4 Å². The van der Waals surface area contributed by atoms with Crippen LogP contribution in [-0.2, 0) is 14.3 Å². The maximum absolute atomic E-state index is 13.6. The third-order valence-electron chi connectivity index (χ3n) is 6.03. The molecule has 2 aliphatic rings. The molecule has 0 aromatic heterocycles. The van der Waals surface area contributed by atoms with Gasteiger partial charge in [0.25, 0.3) is 11.7 Å². The number of amides is 1. The SMILES string of the molecule is Cc1ccc(C(O)=C2C(=O)C(=O)N(CCCN3CCOCC3)[C@@H]2c2ccc(F)cc2)cc1. The standard InChI is InChI=1S/C25H27FN2O4/c1-17-3-5-19(6-4-17)23(29)21-22(18-7-9-20(26)10-8-18)28(25(31)24(21)30)12-2-11-27-13-15-32-16-14-27/h3-10,22,29H,2,11-16H2,1H3/t22-/m1/s1. The van der Waals surface area contributed by atoms with Gasteiger partial charge < -0.3 is 14.7 Å². The van der Waals surface area contributed by atoms with Crippen molar-refractivity contribution in [3.63, 3.8) is 0 Å². The van der Waals surface area contributed by atoms with Crippen LogP contribution < -0.4 is 0 Å². The molecule has 0 radical (unpaired) electrons. The van der Waals surface area contributed by atoms with Crippen LogP contribution in [0.3, 0.4) is 0 Å². The Morgan fingerprint density at radius 2 is 1.69 bits per heavy atom. The first kappa shape index (κ1) is 22.2. The van der Waals surface area contributed by atoms with Crippen LogP contribution in [0.25, 0.3) is 5.76 Å². The second kappa shape index (κ2) is 9.63. The molecule has 1 atom stereocenters. The number of halogens is 1. The van der Waals surface area contributed by atoms with Crippen molar-refractivity contribution < 1.29 is 23.8 Å². The van der Waals surface area contributed by atoms with Crippen molar-refractivity contribution in [2.24, 2.45) is 0 Å². The van der Waals surface area contributed by atoms with Gasteiger partial charge in [0.2, 0.25) is 0 Å². The zero-order valence-corrected chi connectivity index (χ0v) is 18.1. The number of benzene rings is 2. The van der Waals surface area contributed by atoms with Gasteiger partial charge in [0.05, 0.1) is 24.8 Å². The van der Waals surface area contributed by atoms with Gasteiger partial charge in [0.1, 0.15) is 11.6 Å². The average molecular weight is 438 g/mol. The summed E-state index contributed by atoms with van der Waals surface area (Å²) in [5.41, 5.74) is 2.11. The van der Waals surface area contributed by atoms with Crippen molar-refractivity contribution in [3.05, 3.63) is 76.6 Å². The predicted molar refractivity (Wildman–Crippen MR) is 118 cm³/mol. The first-order chi connectivity index (χ1) is 15.5. The van der Waals surface area contributed by atoms with E-state index in [1.165, 1.54) is 17.0 Å². The predicted octanol–water partition coefficient (Wildman–Crippen LogP) is 3.28. The number of hydrogen-bond donors (Lipinski definition) is 1. The molecule has 2 heterocycles. The fourth-order valence-electron chi connectivity index (χ4n) is 4.26. The lowest BCUT2D eigenvalue weighted by Gasteiger charge is -2.29. The summed E-state index contributed by atoms with van der Waals surface area (Å²) in [5, 5.41) is 11.0. The lowest BCUT2D eigenvalue weighted by atomic mass is 9.95. The molecule has 4 rings (SSSR count). The number of carbonyl (C=O) groups excluding carboxylic acids is 2. The first-order valence-corrected chi connectivity index (χ1v) is 10.9. The second-order valence-corrected chi connectivity index (χ2v) is 8.22. The van der Waals surface area contributed by atoms with Gasteiger partial charge in [-0.05, 0) is 31.0 Å². The molecule has 2 aromatic carbocycles.